The lowest BCUT2D eigenvalue weighted by Crippen LogP contribution is -2.43. The summed E-state index contributed by atoms with van der Waals surface area (Å²) in [6.07, 6.45) is 0.627. The van der Waals surface area contributed by atoms with Crippen LogP contribution in [-0.2, 0) is 0 Å². The van der Waals surface area contributed by atoms with Crippen LogP contribution in [0.15, 0.2) is 48.5 Å². The monoisotopic (exact) mass is 346 g/mol. The molecule has 0 fully saturated rings. The molecule has 130 valence electrons. The van der Waals surface area contributed by atoms with Gasteiger partial charge in [0.25, 0.3) is 11.8 Å². The second-order valence-corrected chi connectivity index (χ2v) is 5.67. The Hall–Kier alpha value is -3.64. The van der Waals surface area contributed by atoms with Crippen LogP contribution in [0, 0.1) is 22.7 Å². The highest BCUT2D eigenvalue weighted by Crippen LogP contribution is 2.06. The van der Waals surface area contributed by atoms with Gasteiger partial charge < -0.3 is 10.6 Å². The van der Waals surface area contributed by atoms with Crippen molar-refractivity contribution < 1.29 is 9.59 Å². The fourth-order valence-corrected chi connectivity index (χ4v) is 2.34. The predicted octanol–water partition coefficient (Wildman–Crippen LogP) is 2.37. The number of benzene rings is 2. The second-order valence-electron chi connectivity index (χ2n) is 5.67. The van der Waals surface area contributed by atoms with Crippen LogP contribution in [0.4, 0.5) is 0 Å². The van der Waals surface area contributed by atoms with E-state index in [0.29, 0.717) is 28.7 Å². The van der Waals surface area contributed by atoms with Crippen molar-refractivity contribution in [2.75, 3.05) is 6.54 Å². The van der Waals surface area contributed by atoms with Gasteiger partial charge in [-0.15, -0.1) is 0 Å². The number of carbonyl (C=O) groups excluding carboxylic acids is 2. The fourth-order valence-electron chi connectivity index (χ4n) is 2.34. The van der Waals surface area contributed by atoms with E-state index in [1.807, 2.05) is 19.1 Å². The van der Waals surface area contributed by atoms with E-state index in [1.54, 1.807) is 36.4 Å². The molecule has 6 heteroatoms. The van der Waals surface area contributed by atoms with Crippen molar-refractivity contribution in [1.29, 1.82) is 10.5 Å². The topological polar surface area (TPSA) is 106 Å². The molecule has 0 bridgehead atoms. The van der Waals surface area contributed by atoms with Gasteiger partial charge in [0.2, 0.25) is 0 Å². The SMILES string of the molecule is CCC(CNC(=O)c1cccc(C#N)c1)NC(=O)c1cccc(C#N)c1. The number of hydrogen-bond donors (Lipinski definition) is 2. The third-order valence-corrected chi connectivity index (χ3v) is 3.84. The largest absolute Gasteiger partial charge is 0.350 e. The van der Waals surface area contributed by atoms with E-state index in [2.05, 4.69) is 10.6 Å². The Bertz CT molecular complexity index is 893. The zero-order valence-corrected chi connectivity index (χ0v) is 14.3. The van der Waals surface area contributed by atoms with Gasteiger partial charge in [0, 0.05) is 23.7 Å². The van der Waals surface area contributed by atoms with Crippen molar-refractivity contribution in [2.45, 2.75) is 19.4 Å². The highest BCUT2D eigenvalue weighted by Gasteiger charge is 2.14. The molecule has 0 aliphatic heterocycles. The van der Waals surface area contributed by atoms with E-state index in [0.717, 1.165) is 0 Å². The van der Waals surface area contributed by atoms with Gasteiger partial charge in [-0.3, -0.25) is 9.59 Å². The molecule has 0 saturated carbocycles. The van der Waals surface area contributed by atoms with Crippen molar-refractivity contribution in [3.05, 3.63) is 70.8 Å². The molecule has 0 saturated heterocycles. The first-order chi connectivity index (χ1) is 12.6. The number of amides is 2. The number of hydrogen-bond acceptors (Lipinski definition) is 4. The average molecular weight is 346 g/mol. The molecule has 0 spiro atoms. The van der Waals surface area contributed by atoms with Gasteiger partial charge in [-0.05, 0) is 42.8 Å². The van der Waals surface area contributed by atoms with E-state index in [1.165, 1.54) is 12.1 Å². The van der Waals surface area contributed by atoms with Gasteiger partial charge in [-0.1, -0.05) is 19.1 Å². The summed E-state index contributed by atoms with van der Waals surface area (Å²) in [5.74, 6) is -0.601. The molecule has 0 heterocycles. The molecule has 2 aromatic carbocycles. The average Bonchev–Trinajstić information content (AvgIpc) is 2.70. The third kappa shape index (κ3) is 4.93. The van der Waals surface area contributed by atoms with E-state index in [-0.39, 0.29) is 24.4 Å². The van der Waals surface area contributed by atoms with Gasteiger partial charge in [0.15, 0.2) is 0 Å². The normalized spacial score (nSPS) is 10.9. The standard InChI is InChI=1S/C20H18N4O2/c1-2-18(24-20(26)17-8-4-6-15(10-17)12-22)13-23-19(25)16-7-3-5-14(9-16)11-21/h3-10,18H,2,13H2,1H3,(H,23,25)(H,24,26). The summed E-state index contributed by atoms with van der Waals surface area (Å²) in [5, 5.41) is 23.4. The lowest BCUT2D eigenvalue weighted by atomic mass is 10.1. The summed E-state index contributed by atoms with van der Waals surface area (Å²) in [6, 6.07) is 16.6. The Kier molecular flexibility index (Phi) is 6.47. The molecule has 0 aromatic heterocycles. The zero-order chi connectivity index (χ0) is 18.9. The molecule has 1 unspecified atom stereocenters. The summed E-state index contributed by atoms with van der Waals surface area (Å²) in [6.45, 7) is 2.16. The molecule has 0 aliphatic carbocycles. The Morgan fingerprint density at radius 2 is 1.50 bits per heavy atom. The number of rotatable bonds is 6. The maximum atomic E-state index is 12.3. The molecule has 2 aromatic rings. The van der Waals surface area contributed by atoms with Gasteiger partial charge in [0.1, 0.15) is 0 Å². The number of nitriles is 2. The summed E-state index contributed by atoms with van der Waals surface area (Å²) in [7, 11) is 0. The summed E-state index contributed by atoms with van der Waals surface area (Å²) in [5.41, 5.74) is 1.62. The molecule has 26 heavy (non-hydrogen) atoms. The van der Waals surface area contributed by atoms with Crippen LogP contribution in [0.3, 0.4) is 0 Å². The van der Waals surface area contributed by atoms with Crippen molar-refractivity contribution in [1.82, 2.24) is 10.6 Å². The van der Waals surface area contributed by atoms with Crippen LogP contribution in [0.1, 0.15) is 45.2 Å². The summed E-state index contributed by atoms with van der Waals surface area (Å²) in [4.78, 5) is 24.5. The third-order valence-electron chi connectivity index (χ3n) is 3.84. The summed E-state index contributed by atoms with van der Waals surface area (Å²) >= 11 is 0. The van der Waals surface area contributed by atoms with E-state index < -0.39 is 0 Å². The zero-order valence-electron chi connectivity index (χ0n) is 14.3. The Morgan fingerprint density at radius 3 is 2.00 bits per heavy atom. The van der Waals surface area contributed by atoms with E-state index in [9.17, 15) is 9.59 Å². The van der Waals surface area contributed by atoms with Crippen LogP contribution < -0.4 is 10.6 Å². The quantitative estimate of drug-likeness (QED) is 0.837. The fraction of sp³-hybridized carbons (Fsp3) is 0.200. The smallest absolute Gasteiger partial charge is 0.251 e. The number of nitrogens with zero attached hydrogens (tertiary/aromatic N) is 2. The molecular formula is C20H18N4O2. The predicted molar refractivity (Wildman–Crippen MR) is 96.2 cm³/mol. The lowest BCUT2D eigenvalue weighted by molar-refractivity contribution is 0.0907. The van der Waals surface area contributed by atoms with Crippen LogP contribution in [0.25, 0.3) is 0 Å². The molecule has 1 atom stereocenters. The molecule has 2 rings (SSSR count). The number of nitrogens with one attached hydrogen (secondary N) is 2. The first-order valence-electron chi connectivity index (χ1n) is 8.16. The highest BCUT2D eigenvalue weighted by molar-refractivity contribution is 5.95. The van der Waals surface area contributed by atoms with Gasteiger partial charge in [-0.25, -0.2) is 0 Å². The number of carbonyl (C=O) groups is 2. The first kappa shape index (κ1) is 18.7. The van der Waals surface area contributed by atoms with E-state index in [4.69, 9.17) is 10.5 Å². The van der Waals surface area contributed by atoms with Gasteiger partial charge in [0.05, 0.1) is 23.3 Å². The van der Waals surface area contributed by atoms with Crippen molar-refractivity contribution >= 4 is 11.8 Å². The second kappa shape index (κ2) is 9.00. The molecule has 0 radical (unpaired) electrons. The minimum absolute atomic E-state index is 0.253. The maximum absolute atomic E-state index is 12.3. The highest BCUT2D eigenvalue weighted by atomic mass is 16.2. The molecule has 0 aliphatic rings. The Labute approximate surface area is 152 Å². The maximum Gasteiger partial charge on any atom is 0.251 e. The Morgan fingerprint density at radius 1 is 0.962 bits per heavy atom. The van der Waals surface area contributed by atoms with Crippen LogP contribution in [0.2, 0.25) is 0 Å². The molecule has 6 nitrogen and oxygen atoms in total. The van der Waals surface area contributed by atoms with Crippen molar-refractivity contribution in [2.24, 2.45) is 0 Å². The molecule has 2 N–H and O–H groups in total. The first-order valence-corrected chi connectivity index (χ1v) is 8.16. The van der Waals surface area contributed by atoms with Crippen LogP contribution >= 0.6 is 0 Å². The van der Waals surface area contributed by atoms with Crippen LogP contribution in [0.5, 0.6) is 0 Å². The van der Waals surface area contributed by atoms with Crippen molar-refractivity contribution in [3.8, 4) is 12.1 Å². The lowest BCUT2D eigenvalue weighted by Gasteiger charge is -2.18. The minimum Gasteiger partial charge on any atom is -0.350 e. The van der Waals surface area contributed by atoms with Crippen LogP contribution in [-0.4, -0.2) is 24.4 Å². The van der Waals surface area contributed by atoms with Gasteiger partial charge >= 0.3 is 0 Å². The van der Waals surface area contributed by atoms with Gasteiger partial charge in [-0.2, -0.15) is 10.5 Å². The van der Waals surface area contributed by atoms with E-state index >= 15 is 0 Å². The Balaban J connectivity index is 1.96. The minimum atomic E-state index is -0.304. The molecule has 2 amide bonds. The summed E-state index contributed by atoms with van der Waals surface area (Å²) < 4.78 is 0. The van der Waals surface area contributed by atoms with Crippen molar-refractivity contribution in [3.63, 3.8) is 0 Å². The molecular weight excluding hydrogens is 328 g/mol.